The average molecular weight is 202 g/mol. The van der Waals surface area contributed by atoms with E-state index in [1.165, 1.54) is 18.7 Å². The van der Waals surface area contributed by atoms with Gasteiger partial charge >= 0.3 is 5.97 Å². The van der Waals surface area contributed by atoms with E-state index in [4.69, 9.17) is 0 Å². The minimum Gasteiger partial charge on any atom is -0.465 e. The molecule has 1 aromatic carbocycles. The monoisotopic (exact) mass is 202 g/mol. The number of aryl methyl sites for hydroxylation is 1. The van der Waals surface area contributed by atoms with E-state index in [1.54, 1.807) is 0 Å². The minimum atomic E-state index is -0.388. The smallest absolute Gasteiger partial charge is 0.338 e. The van der Waals surface area contributed by atoms with Crippen LogP contribution in [-0.2, 0) is 9.53 Å². The van der Waals surface area contributed by atoms with Gasteiger partial charge in [-0.2, -0.15) is 0 Å². The molecule has 0 spiro atoms. The third-order valence-electron chi connectivity index (χ3n) is 2.09. The Kier molecular flexibility index (Phi) is 3.90. The van der Waals surface area contributed by atoms with Gasteiger partial charge in [0.15, 0.2) is 0 Å². The third-order valence-corrected chi connectivity index (χ3v) is 2.09. The van der Waals surface area contributed by atoms with Gasteiger partial charge in [0.2, 0.25) is 0 Å². The lowest BCUT2D eigenvalue weighted by molar-refractivity contribution is -0.134. The van der Waals surface area contributed by atoms with Crippen LogP contribution >= 0.6 is 0 Å². The van der Waals surface area contributed by atoms with Gasteiger partial charge in [0.25, 0.3) is 0 Å². The second kappa shape index (κ2) is 5.18. The molecule has 0 aliphatic rings. The van der Waals surface area contributed by atoms with Gasteiger partial charge in [-0.1, -0.05) is 29.8 Å². The molecular weight excluding hydrogens is 188 g/mol. The first kappa shape index (κ1) is 11.3. The quantitative estimate of drug-likeness (QED) is 0.418. The van der Waals surface area contributed by atoms with E-state index in [1.807, 2.05) is 38.1 Å². The molecule has 0 aliphatic carbocycles. The Morgan fingerprint density at radius 1 is 1.33 bits per heavy atom. The van der Waals surface area contributed by atoms with E-state index in [-0.39, 0.29) is 5.97 Å². The molecule has 0 saturated heterocycles. The van der Waals surface area contributed by atoms with Crippen LogP contribution in [0, 0.1) is 6.92 Å². The molecule has 15 heavy (non-hydrogen) atoms. The van der Waals surface area contributed by atoms with E-state index in [2.05, 4.69) is 10.5 Å². The van der Waals surface area contributed by atoms with Crippen molar-refractivity contribution in [3.8, 4) is 0 Å². The van der Waals surface area contributed by atoms with Crippen LogP contribution in [0.15, 0.2) is 36.1 Å². The lowest BCUT2D eigenvalue weighted by Gasteiger charge is -1.98. The second-order valence-corrected chi connectivity index (χ2v) is 3.30. The summed E-state index contributed by atoms with van der Waals surface area (Å²) in [6.45, 7) is 3.94. The second-order valence-electron chi connectivity index (χ2n) is 3.30. The van der Waals surface area contributed by atoms with Gasteiger partial charge in [0.05, 0.1) is 13.2 Å². The van der Waals surface area contributed by atoms with Crippen LogP contribution < -0.4 is 0 Å². The van der Waals surface area contributed by atoms with Crippen LogP contribution in [0.25, 0.3) is 5.57 Å². The van der Waals surface area contributed by atoms with Crippen LogP contribution in [0.5, 0.6) is 0 Å². The fraction of sp³-hybridized carbons (Fsp3) is 0.231. The maximum absolute atomic E-state index is 10.8. The average Bonchev–Trinajstić information content (AvgIpc) is 2.26. The van der Waals surface area contributed by atoms with Crippen molar-refractivity contribution < 1.29 is 9.53 Å². The van der Waals surface area contributed by atoms with Crippen molar-refractivity contribution >= 4 is 11.5 Å². The first-order valence-electron chi connectivity index (χ1n) is 4.72. The minimum absolute atomic E-state index is 0.388. The zero-order valence-corrected chi connectivity index (χ0v) is 9.20. The predicted octanol–water partition coefficient (Wildman–Crippen LogP) is 2.73. The Labute approximate surface area is 89.9 Å². The van der Waals surface area contributed by atoms with Gasteiger partial charge in [0.1, 0.15) is 0 Å². The Morgan fingerprint density at radius 3 is 2.47 bits per heavy atom. The van der Waals surface area contributed by atoms with Crippen LogP contribution in [0.4, 0.5) is 0 Å². The summed E-state index contributed by atoms with van der Waals surface area (Å²) >= 11 is 0. The van der Waals surface area contributed by atoms with Gasteiger partial charge in [-0.05, 0) is 25.0 Å². The summed E-state index contributed by atoms with van der Waals surface area (Å²) in [7, 11) is 1.35. The zero-order chi connectivity index (χ0) is 11.3. The predicted molar refractivity (Wildman–Crippen MR) is 60.4 cm³/mol. The number of carbonyl (C=O) groups is 1. The van der Waals surface area contributed by atoms with Crippen molar-refractivity contribution in [1.29, 1.82) is 0 Å². The van der Waals surface area contributed by atoms with Gasteiger partial charge in [-0.3, -0.25) is 0 Å². The fourth-order valence-corrected chi connectivity index (χ4v) is 1.11. The number of methoxy groups -OCH3 is 1. The highest BCUT2D eigenvalue weighted by Crippen LogP contribution is 2.12. The highest BCUT2D eigenvalue weighted by Gasteiger charge is 1.94. The Bertz CT molecular complexity index is 407. The Morgan fingerprint density at radius 2 is 1.93 bits per heavy atom. The van der Waals surface area contributed by atoms with Gasteiger partial charge in [0, 0.05) is 0 Å². The van der Waals surface area contributed by atoms with Crippen LogP contribution in [0.1, 0.15) is 18.1 Å². The molecule has 78 valence electrons. The summed E-state index contributed by atoms with van der Waals surface area (Å²) in [4.78, 5) is 10.8. The molecule has 0 heterocycles. The molecule has 0 bridgehead atoms. The molecule has 1 rings (SSSR count). The molecular formula is C13H14O2. The Balaban J connectivity index is 2.94. The van der Waals surface area contributed by atoms with E-state index in [0.717, 1.165) is 11.1 Å². The van der Waals surface area contributed by atoms with Gasteiger partial charge in [-0.25, -0.2) is 4.79 Å². The summed E-state index contributed by atoms with van der Waals surface area (Å²) in [6, 6.07) is 8.06. The van der Waals surface area contributed by atoms with E-state index in [0.29, 0.717) is 0 Å². The van der Waals surface area contributed by atoms with E-state index < -0.39 is 0 Å². The first-order chi connectivity index (χ1) is 7.13. The summed E-state index contributed by atoms with van der Waals surface area (Å²) in [5.74, 6) is -0.388. The largest absolute Gasteiger partial charge is 0.465 e. The molecule has 0 amide bonds. The standard InChI is InChI=1S/C13H14O2/c1-10-4-7-12(8-5-10)11(2)6-9-13(14)15-3/h4-5,7-9H,1-3H3. The molecule has 0 N–H and O–H groups in total. The van der Waals surface area contributed by atoms with Gasteiger partial charge in [-0.15, -0.1) is 5.73 Å². The molecule has 0 fully saturated rings. The summed E-state index contributed by atoms with van der Waals surface area (Å²) < 4.78 is 4.49. The Hall–Kier alpha value is -1.79. The van der Waals surface area contributed by atoms with Crippen molar-refractivity contribution in [2.24, 2.45) is 0 Å². The number of hydrogen-bond donors (Lipinski definition) is 0. The summed E-state index contributed by atoms with van der Waals surface area (Å²) in [5, 5.41) is 0. The third kappa shape index (κ3) is 3.45. The highest BCUT2D eigenvalue weighted by atomic mass is 16.5. The maximum atomic E-state index is 10.8. The number of benzene rings is 1. The molecule has 0 unspecified atom stereocenters. The molecule has 2 heteroatoms. The van der Waals surface area contributed by atoms with E-state index >= 15 is 0 Å². The molecule has 0 saturated carbocycles. The van der Waals surface area contributed by atoms with Crippen LogP contribution in [0.3, 0.4) is 0 Å². The highest BCUT2D eigenvalue weighted by molar-refractivity contribution is 5.83. The topological polar surface area (TPSA) is 26.3 Å². The first-order valence-corrected chi connectivity index (χ1v) is 4.72. The molecule has 0 atom stereocenters. The molecule has 0 aromatic heterocycles. The number of ether oxygens (including phenoxy) is 1. The number of carbonyl (C=O) groups excluding carboxylic acids is 1. The SMILES string of the molecule is COC(=O)C=C=C(C)c1ccc(C)cc1. The summed E-state index contributed by atoms with van der Waals surface area (Å²) in [5.41, 5.74) is 6.07. The fourth-order valence-electron chi connectivity index (χ4n) is 1.11. The lowest BCUT2D eigenvalue weighted by Crippen LogP contribution is -1.92. The van der Waals surface area contributed by atoms with Crippen LogP contribution in [-0.4, -0.2) is 13.1 Å². The van der Waals surface area contributed by atoms with Crippen molar-refractivity contribution in [3.63, 3.8) is 0 Å². The van der Waals surface area contributed by atoms with Crippen LogP contribution in [0.2, 0.25) is 0 Å². The van der Waals surface area contributed by atoms with Gasteiger partial charge < -0.3 is 4.74 Å². The number of esters is 1. The van der Waals surface area contributed by atoms with Crippen molar-refractivity contribution in [1.82, 2.24) is 0 Å². The van der Waals surface area contributed by atoms with E-state index in [9.17, 15) is 4.79 Å². The van der Waals surface area contributed by atoms with Crippen molar-refractivity contribution in [2.45, 2.75) is 13.8 Å². The number of hydrogen-bond acceptors (Lipinski definition) is 2. The number of rotatable bonds is 2. The molecule has 0 radical (unpaired) electrons. The maximum Gasteiger partial charge on any atom is 0.338 e. The van der Waals surface area contributed by atoms with Crippen molar-refractivity contribution in [2.75, 3.05) is 7.11 Å². The summed E-state index contributed by atoms with van der Waals surface area (Å²) in [6.07, 6.45) is 1.30. The molecule has 2 nitrogen and oxygen atoms in total. The molecule has 0 aliphatic heterocycles. The molecule has 1 aromatic rings. The normalized spacial score (nSPS) is 9.00. The van der Waals surface area contributed by atoms with Crippen molar-refractivity contribution in [3.05, 3.63) is 47.2 Å². The zero-order valence-electron chi connectivity index (χ0n) is 9.20. The lowest BCUT2D eigenvalue weighted by atomic mass is 10.1.